The van der Waals surface area contributed by atoms with E-state index in [2.05, 4.69) is 10.9 Å². The molecule has 0 aliphatic carbocycles. The topological polar surface area (TPSA) is 58.2 Å². The van der Waals surface area contributed by atoms with Crippen LogP contribution in [0.5, 0.6) is 0 Å². The summed E-state index contributed by atoms with van der Waals surface area (Å²) in [4.78, 5) is 24.7. The van der Waals surface area contributed by atoms with Crippen LogP contribution in [0.25, 0.3) is 6.08 Å². The van der Waals surface area contributed by atoms with E-state index in [9.17, 15) is 9.59 Å². The third-order valence-corrected chi connectivity index (χ3v) is 4.18. The molecule has 0 atom stereocenters. The summed E-state index contributed by atoms with van der Waals surface area (Å²) in [6, 6.07) is 5.46. The maximum atomic E-state index is 11.6. The number of amides is 2. The number of hydrazine groups is 1. The zero-order valence-corrected chi connectivity index (χ0v) is 11.8. The second-order valence-corrected chi connectivity index (χ2v) is 5.62. The lowest BCUT2D eigenvalue weighted by molar-refractivity contribution is -0.117. The van der Waals surface area contributed by atoms with Crippen LogP contribution in [0, 0.1) is 6.92 Å². The van der Waals surface area contributed by atoms with Crippen molar-refractivity contribution in [3.8, 4) is 0 Å². The summed E-state index contributed by atoms with van der Waals surface area (Å²) in [6.07, 6.45) is 3.13. The second kappa shape index (κ2) is 6.31. The number of carbonyl (C=O) groups excluding carboxylic acids is 2. The van der Waals surface area contributed by atoms with Crippen LogP contribution in [0.3, 0.4) is 0 Å². The van der Waals surface area contributed by atoms with Gasteiger partial charge in [-0.05, 0) is 41.5 Å². The van der Waals surface area contributed by atoms with E-state index in [4.69, 9.17) is 0 Å². The van der Waals surface area contributed by atoms with Gasteiger partial charge in [-0.15, -0.1) is 22.7 Å². The first-order valence-electron chi connectivity index (χ1n) is 5.53. The molecule has 0 aliphatic rings. The van der Waals surface area contributed by atoms with E-state index < -0.39 is 0 Å². The monoisotopic (exact) mass is 292 g/mol. The van der Waals surface area contributed by atoms with Crippen LogP contribution < -0.4 is 10.9 Å². The van der Waals surface area contributed by atoms with E-state index in [-0.39, 0.29) is 11.8 Å². The van der Waals surface area contributed by atoms with Crippen LogP contribution in [0.2, 0.25) is 0 Å². The Kier molecular flexibility index (Phi) is 4.48. The van der Waals surface area contributed by atoms with E-state index >= 15 is 0 Å². The highest BCUT2D eigenvalue weighted by Crippen LogP contribution is 2.16. The zero-order valence-electron chi connectivity index (χ0n) is 10.2. The van der Waals surface area contributed by atoms with Gasteiger partial charge < -0.3 is 0 Å². The van der Waals surface area contributed by atoms with Crippen molar-refractivity contribution >= 4 is 40.6 Å². The fraction of sp³-hybridized carbons (Fsp3) is 0.0769. The molecule has 2 amide bonds. The van der Waals surface area contributed by atoms with Crippen molar-refractivity contribution in [3.63, 3.8) is 0 Å². The van der Waals surface area contributed by atoms with E-state index in [0.29, 0.717) is 4.88 Å². The molecule has 19 heavy (non-hydrogen) atoms. The molecule has 0 fully saturated rings. The summed E-state index contributed by atoms with van der Waals surface area (Å²) >= 11 is 2.88. The molecular formula is C13H12N2O2S2. The number of aryl methyl sites for hydroxylation is 1. The maximum Gasteiger partial charge on any atom is 0.279 e. The predicted molar refractivity (Wildman–Crippen MR) is 78.0 cm³/mol. The molecule has 2 rings (SSSR count). The summed E-state index contributed by atoms with van der Waals surface area (Å²) in [5, 5.41) is 3.77. The zero-order chi connectivity index (χ0) is 13.7. The Hall–Kier alpha value is -1.92. The Morgan fingerprint density at radius 1 is 1.16 bits per heavy atom. The molecule has 2 aromatic heterocycles. The van der Waals surface area contributed by atoms with Crippen molar-refractivity contribution in [1.29, 1.82) is 0 Å². The summed E-state index contributed by atoms with van der Waals surface area (Å²) in [6.45, 7) is 1.98. The molecule has 2 N–H and O–H groups in total. The first-order chi connectivity index (χ1) is 9.16. The SMILES string of the molecule is Cc1ccsc1/C=C/C(=O)NNC(=O)c1cccs1. The average Bonchev–Trinajstić information content (AvgIpc) is 3.05. The van der Waals surface area contributed by atoms with Gasteiger partial charge in [0.05, 0.1) is 4.88 Å². The van der Waals surface area contributed by atoms with Gasteiger partial charge in [0.15, 0.2) is 0 Å². The molecule has 4 nitrogen and oxygen atoms in total. The highest BCUT2D eigenvalue weighted by atomic mass is 32.1. The fourth-order valence-corrected chi connectivity index (χ4v) is 2.77. The first-order valence-corrected chi connectivity index (χ1v) is 7.29. The van der Waals surface area contributed by atoms with Crippen molar-refractivity contribution < 1.29 is 9.59 Å². The first kappa shape index (κ1) is 13.5. The van der Waals surface area contributed by atoms with Gasteiger partial charge in [0, 0.05) is 11.0 Å². The Morgan fingerprint density at radius 3 is 2.63 bits per heavy atom. The van der Waals surface area contributed by atoms with Crippen molar-refractivity contribution in [2.75, 3.05) is 0 Å². The molecule has 98 valence electrons. The minimum Gasteiger partial charge on any atom is -0.268 e. The van der Waals surface area contributed by atoms with Gasteiger partial charge >= 0.3 is 0 Å². The Bertz CT molecular complexity index is 600. The lowest BCUT2D eigenvalue weighted by Crippen LogP contribution is -2.40. The summed E-state index contributed by atoms with van der Waals surface area (Å²) in [5.74, 6) is -0.679. The van der Waals surface area contributed by atoms with Gasteiger partial charge in [0.1, 0.15) is 0 Å². The minimum absolute atomic E-state index is 0.316. The van der Waals surface area contributed by atoms with Crippen LogP contribution in [-0.4, -0.2) is 11.8 Å². The highest BCUT2D eigenvalue weighted by molar-refractivity contribution is 7.12. The molecule has 2 aromatic rings. The standard InChI is InChI=1S/C13H12N2O2S2/c1-9-6-8-19-10(9)4-5-12(16)14-15-13(17)11-3-2-7-18-11/h2-8H,1H3,(H,14,16)(H,15,17)/b5-4+. The lowest BCUT2D eigenvalue weighted by Gasteiger charge is -2.02. The smallest absolute Gasteiger partial charge is 0.268 e. The van der Waals surface area contributed by atoms with E-state index in [1.54, 1.807) is 34.9 Å². The van der Waals surface area contributed by atoms with Crippen LogP contribution in [0.15, 0.2) is 35.0 Å². The fourth-order valence-electron chi connectivity index (χ4n) is 1.34. The predicted octanol–water partition coefficient (Wildman–Crippen LogP) is 2.59. The Balaban J connectivity index is 1.84. The van der Waals surface area contributed by atoms with Gasteiger partial charge in [-0.25, -0.2) is 0 Å². The summed E-state index contributed by atoms with van der Waals surface area (Å²) in [5.41, 5.74) is 5.81. The van der Waals surface area contributed by atoms with Gasteiger partial charge in [-0.1, -0.05) is 6.07 Å². The number of hydrogen-bond donors (Lipinski definition) is 2. The largest absolute Gasteiger partial charge is 0.279 e. The summed E-state index contributed by atoms with van der Waals surface area (Å²) < 4.78 is 0. The molecule has 2 heterocycles. The normalized spacial score (nSPS) is 10.6. The molecule has 0 aliphatic heterocycles. The molecule has 0 radical (unpaired) electrons. The van der Waals surface area contributed by atoms with Crippen LogP contribution >= 0.6 is 22.7 Å². The second-order valence-electron chi connectivity index (χ2n) is 3.72. The third-order valence-electron chi connectivity index (χ3n) is 2.33. The molecule has 6 heteroatoms. The van der Waals surface area contributed by atoms with Crippen molar-refractivity contribution in [1.82, 2.24) is 10.9 Å². The van der Waals surface area contributed by atoms with Gasteiger partial charge in [0.2, 0.25) is 0 Å². The van der Waals surface area contributed by atoms with Gasteiger partial charge in [-0.2, -0.15) is 0 Å². The maximum absolute atomic E-state index is 11.6. The van der Waals surface area contributed by atoms with Crippen molar-refractivity contribution in [3.05, 3.63) is 50.4 Å². The molecular weight excluding hydrogens is 280 g/mol. The minimum atomic E-state index is -0.363. The van der Waals surface area contributed by atoms with Gasteiger partial charge in [0.25, 0.3) is 11.8 Å². The van der Waals surface area contributed by atoms with Crippen LogP contribution in [0.4, 0.5) is 0 Å². The third kappa shape index (κ3) is 3.77. The number of hydrogen-bond acceptors (Lipinski definition) is 4. The average molecular weight is 292 g/mol. The van der Waals surface area contributed by atoms with Crippen LogP contribution in [-0.2, 0) is 4.79 Å². The number of thiophene rings is 2. The molecule has 0 spiro atoms. The van der Waals surface area contributed by atoms with E-state index in [1.807, 2.05) is 18.4 Å². The Morgan fingerprint density at radius 2 is 2.00 bits per heavy atom. The highest BCUT2D eigenvalue weighted by Gasteiger charge is 2.06. The number of nitrogens with one attached hydrogen (secondary N) is 2. The van der Waals surface area contributed by atoms with Gasteiger partial charge in [-0.3, -0.25) is 20.4 Å². The molecule has 0 aromatic carbocycles. The number of rotatable bonds is 3. The molecule has 0 saturated carbocycles. The molecule has 0 saturated heterocycles. The van der Waals surface area contributed by atoms with Crippen molar-refractivity contribution in [2.24, 2.45) is 0 Å². The van der Waals surface area contributed by atoms with E-state index in [1.165, 1.54) is 17.4 Å². The Labute approximate surface area is 118 Å². The van der Waals surface area contributed by atoms with Crippen molar-refractivity contribution in [2.45, 2.75) is 6.92 Å². The van der Waals surface area contributed by atoms with Crippen LogP contribution in [0.1, 0.15) is 20.1 Å². The summed E-state index contributed by atoms with van der Waals surface area (Å²) in [7, 11) is 0. The number of carbonyl (C=O) groups is 2. The van der Waals surface area contributed by atoms with E-state index in [0.717, 1.165) is 10.4 Å². The lowest BCUT2D eigenvalue weighted by atomic mass is 10.3. The molecule has 0 unspecified atom stereocenters. The quantitative estimate of drug-likeness (QED) is 0.675. The molecule has 0 bridgehead atoms.